The van der Waals surface area contributed by atoms with Crippen LogP contribution in [-0.2, 0) is 46.5 Å². The monoisotopic (exact) mass is 347 g/mol. The second-order valence-corrected chi connectivity index (χ2v) is 3.83. The van der Waals surface area contributed by atoms with Crippen LogP contribution in [-0.4, -0.2) is 35.3 Å². The minimum Gasteiger partial charge on any atom is -0.790 e. The normalized spacial score (nSPS) is 28.6. The molecule has 1 heterocycles. The van der Waals surface area contributed by atoms with Crippen LogP contribution in [0.5, 0.6) is 0 Å². The van der Waals surface area contributed by atoms with Gasteiger partial charge in [0.05, 0.1) is 20.5 Å². The van der Waals surface area contributed by atoms with E-state index in [1.165, 1.54) is 0 Å². The predicted octanol–water partition coefficient (Wildman–Crippen LogP) is -8.69. The van der Waals surface area contributed by atoms with Crippen molar-refractivity contribution in [1.82, 2.24) is 0 Å². The number of hydrogen-bond donors (Lipinski definition) is 2. The zero-order chi connectivity index (χ0) is 10.1. The maximum absolute atomic E-state index is 10.0. The van der Waals surface area contributed by atoms with E-state index in [9.17, 15) is 14.4 Å². The molecule has 2 N–H and O–H groups in total. The number of rotatable bonds is 3. The Labute approximate surface area is 162 Å². The summed E-state index contributed by atoms with van der Waals surface area (Å²) in [6.45, 7) is -0.567. The molecule has 0 bridgehead atoms. The van der Waals surface area contributed by atoms with Crippen LogP contribution in [0.15, 0.2) is 0 Å². The summed E-state index contributed by atoms with van der Waals surface area (Å²) in [4.78, 5) is 20.1. The molecule has 1 aliphatic heterocycles. The minimum atomic E-state index is -5.04. The summed E-state index contributed by atoms with van der Waals surface area (Å²) in [5, 5.41) is 17.9. The van der Waals surface area contributed by atoms with Crippen LogP contribution in [0.25, 0.3) is 0 Å². The Hall–Kier alpha value is 3.09. The van der Waals surface area contributed by atoms with Crippen molar-refractivity contribution in [3.63, 3.8) is 0 Å². The van der Waals surface area contributed by atoms with Crippen LogP contribution in [0.2, 0.25) is 0 Å². The van der Waals surface area contributed by atoms with Gasteiger partial charge in [0.15, 0.2) is 6.29 Å². The number of aliphatic hydroxyl groups is 2. The summed E-state index contributed by atoms with van der Waals surface area (Å²) >= 11 is 0. The molecule has 1 fully saturated rings. The van der Waals surface area contributed by atoms with E-state index in [2.05, 4.69) is 9.26 Å². The van der Waals surface area contributed by atoms with E-state index in [1.807, 2.05) is 0 Å². The smallest absolute Gasteiger partial charge is 0.790 e. The third-order valence-corrected chi connectivity index (χ3v) is 2.07. The van der Waals surface area contributed by atoms with Crippen LogP contribution >= 0.6 is 7.82 Å². The zero-order valence-electron chi connectivity index (χ0n) is 9.11. The first-order valence-corrected chi connectivity index (χ1v) is 5.03. The molecule has 0 aromatic carbocycles. The molecule has 3 atom stereocenters. The van der Waals surface area contributed by atoms with Gasteiger partial charge in [0, 0.05) is 39.1 Å². The molecule has 7 nitrogen and oxygen atoms in total. The summed E-state index contributed by atoms with van der Waals surface area (Å²) in [6, 6.07) is 0. The van der Waals surface area contributed by atoms with Crippen molar-refractivity contribution in [2.45, 2.75) is 24.9 Å². The van der Waals surface area contributed by atoms with Crippen molar-refractivity contribution in [3.8, 4) is 0 Å². The third-order valence-electron chi connectivity index (χ3n) is 1.60. The summed E-state index contributed by atoms with van der Waals surface area (Å²) in [5.41, 5.74) is 0. The number of ether oxygens (including phenoxy) is 1. The van der Waals surface area contributed by atoms with E-state index in [0.717, 1.165) is 0 Å². The number of hydrogen-bond acceptors (Lipinski definition) is 7. The molecule has 1 aliphatic rings. The molecular weight excluding hydrogens is 338 g/mol. The van der Waals surface area contributed by atoms with E-state index in [-0.39, 0.29) is 98.2 Å². The van der Waals surface area contributed by atoms with Crippen molar-refractivity contribution in [2.75, 3.05) is 6.61 Å². The Balaban J connectivity index is -0.000000563. The largest absolute Gasteiger partial charge is 1.00 e. The van der Waals surface area contributed by atoms with Crippen molar-refractivity contribution in [3.05, 3.63) is 0 Å². The topological polar surface area (TPSA) is 122 Å². The summed E-state index contributed by atoms with van der Waals surface area (Å²) in [6.07, 6.45) is -3.13. The summed E-state index contributed by atoms with van der Waals surface area (Å²) in [7, 11) is -5.04. The molecule has 0 spiro atoms. The molecule has 1 saturated heterocycles. The van der Waals surface area contributed by atoms with Gasteiger partial charge in [-0.3, -0.25) is 0 Å². The zero-order valence-corrected chi connectivity index (χ0v) is 16.8. The Morgan fingerprint density at radius 3 is 2.19 bits per heavy atom. The minimum absolute atomic E-state index is 0. The first kappa shape index (κ1) is 24.1. The molecule has 0 aliphatic carbocycles. The van der Waals surface area contributed by atoms with Gasteiger partial charge in [-0.1, -0.05) is 0 Å². The third kappa shape index (κ3) is 9.95. The van der Waals surface area contributed by atoms with Gasteiger partial charge in [-0.25, -0.2) is 0 Å². The molecule has 1 rings (SSSR count). The van der Waals surface area contributed by atoms with E-state index in [1.54, 1.807) is 0 Å². The number of aliphatic hydroxyl groups excluding tert-OH is 2. The fraction of sp³-hybridized carbons (Fsp3) is 1.00. The van der Waals surface area contributed by atoms with E-state index in [4.69, 9.17) is 10.2 Å². The summed E-state index contributed by atoms with van der Waals surface area (Å²) < 4.78 is 18.6. The van der Waals surface area contributed by atoms with Gasteiger partial charge in [-0.15, -0.1) is 0 Å². The molecular formula is C5H9Na2O7PY. The van der Waals surface area contributed by atoms with Crippen LogP contribution in [0.4, 0.5) is 0 Å². The quantitative estimate of drug-likeness (QED) is 0.384. The molecule has 0 saturated carbocycles. The Kier molecular flexibility index (Phi) is 16.3. The van der Waals surface area contributed by atoms with Gasteiger partial charge >= 0.3 is 59.1 Å². The SMILES string of the molecule is O=P([O-])([O-])OCC1OC(O)CC1O.[Na+].[Na+].[Y]. The molecule has 0 amide bonds. The standard InChI is InChI=1S/C5H11O7P.2Na.Y/c6-3-1-5(7)12-4(3)2-11-13(8,9)10;;;/h3-7H,1-2H2,(H2,8,9,10);;;/q;2*+1;/p-2. The molecule has 0 aromatic rings. The van der Waals surface area contributed by atoms with Crippen molar-refractivity contribution in [2.24, 2.45) is 0 Å². The molecule has 3 unspecified atom stereocenters. The van der Waals surface area contributed by atoms with E-state index < -0.39 is 32.9 Å². The van der Waals surface area contributed by atoms with Gasteiger partial charge in [-0.2, -0.15) is 0 Å². The van der Waals surface area contributed by atoms with Gasteiger partial charge in [0.1, 0.15) is 6.10 Å². The fourth-order valence-electron chi connectivity index (χ4n) is 1.02. The van der Waals surface area contributed by atoms with Crippen LogP contribution < -0.4 is 68.9 Å². The Morgan fingerprint density at radius 2 is 1.88 bits per heavy atom. The van der Waals surface area contributed by atoms with E-state index >= 15 is 0 Å². The predicted molar refractivity (Wildman–Crippen MR) is 35.1 cm³/mol. The molecule has 81 valence electrons. The maximum atomic E-state index is 10.0. The van der Waals surface area contributed by atoms with Crippen molar-refractivity contribution < 1.29 is 126 Å². The van der Waals surface area contributed by atoms with Crippen LogP contribution in [0.3, 0.4) is 0 Å². The molecule has 1 radical (unpaired) electrons. The Morgan fingerprint density at radius 1 is 1.38 bits per heavy atom. The molecule has 0 aromatic heterocycles. The second kappa shape index (κ2) is 10.8. The van der Waals surface area contributed by atoms with Crippen molar-refractivity contribution in [1.29, 1.82) is 0 Å². The number of phosphoric ester groups is 1. The first-order chi connectivity index (χ1) is 5.88. The molecule has 11 heteroatoms. The Bertz CT molecular complexity index is 227. The average molecular weight is 347 g/mol. The maximum Gasteiger partial charge on any atom is 1.00 e. The van der Waals surface area contributed by atoms with E-state index in [0.29, 0.717) is 0 Å². The van der Waals surface area contributed by atoms with Crippen LogP contribution in [0, 0.1) is 0 Å². The average Bonchev–Trinajstić information content (AvgIpc) is 2.24. The second-order valence-electron chi connectivity index (χ2n) is 2.68. The van der Waals surface area contributed by atoms with Gasteiger partial charge in [0.2, 0.25) is 0 Å². The first-order valence-electron chi connectivity index (χ1n) is 3.56. The van der Waals surface area contributed by atoms with Crippen molar-refractivity contribution >= 4 is 7.82 Å². The van der Waals surface area contributed by atoms with Gasteiger partial charge < -0.3 is 33.8 Å². The van der Waals surface area contributed by atoms with Gasteiger partial charge in [0.25, 0.3) is 0 Å². The van der Waals surface area contributed by atoms with Crippen LogP contribution in [0.1, 0.15) is 6.42 Å². The fourth-order valence-corrected chi connectivity index (χ4v) is 1.35. The number of phosphoric acid groups is 1. The molecule has 16 heavy (non-hydrogen) atoms. The summed E-state index contributed by atoms with van der Waals surface area (Å²) in [5.74, 6) is 0. The van der Waals surface area contributed by atoms with Gasteiger partial charge in [-0.05, 0) is 0 Å².